The second-order valence-electron chi connectivity index (χ2n) is 4.57. The summed E-state index contributed by atoms with van der Waals surface area (Å²) in [5.74, 6) is -0.262. The number of rotatable bonds is 3. The van der Waals surface area contributed by atoms with Gasteiger partial charge in [-0.1, -0.05) is 57.3 Å². The Kier molecular flexibility index (Phi) is 5.14. The zero-order chi connectivity index (χ0) is 15.6. The van der Waals surface area contributed by atoms with Gasteiger partial charge in [0.1, 0.15) is 0 Å². The van der Waals surface area contributed by atoms with Crippen LogP contribution in [0.15, 0.2) is 40.9 Å². The van der Waals surface area contributed by atoms with Crippen LogP contribution in [0.3, 0.4) is 0 Å². The number of carbonyl (C=O) groups excluding carboxylic acids is 1. The Balaban J connectivity index is 2.20. The quantitative estimate of drug-likeness (QED) is 0.741. The fourth-order valence-corrected chi connectivity index (χ4v) is 3.01. The van der Waals surface area contributed by atoms with Crippen LogP contribution in [-0.4, -0.2) is 5.91 Å². The van der Waals surface area contributed by atoms with Gasteiger partial charge in [-0.3, -0.25) is 4.79 Å². The van der Waals surface area contributed by atoms with E-state index in [0.717, 1.165) is 10.0 Å². The van der Waals surface area contributed by atoms with Crippen molar-refractivity contribution in [2.75, 3.05) is 5.73 Å². The van der Waals surface area contributed by atoms with Crippen molar-refractivity contribution >= 4 is 50.7 Å². The van der Waals surface area contributed by atoms with Gasteiger partial charge in [0.05, 0.1) is 21.8 Å². The molecule has 110 valence electrons. The third-order valence-corrected chi connectivity index (χ3v) is 4.41. The highest BCUT2D eigenvalue weighted by molar-refractivity contribution is 9.10. The molecule has 0 unspecified atom stereocenters. The predicted molar refractivity (Wildman–Crippen MR) is 90.9 cm³/mol. The first-order valence-electron chi connectivity index (χ1n) is 6.20. The Hall–Kier alpha value is -1.23. The number of amides is 1. The van der Waals surface area contributed by atoms with Gasteiger partial charge >= 0.3 is 0 Å². The molecule has 0 aliphatic heterocycles. The lowest BCUT2D eigenvalue weighted by Gasteiger charge is -2.16. The Morgan fingerprint density at radius 1 is 1.24 bits per heavy atom. The molecule has 6 heteroatoms. The van der Waals surface area contributed by atoms with Crippen molar-refractivity contribution in [2.24, 2.45) is 0 Å². The lowest BCUT2D eigenvalue weighted by atomic mass is 10.1. The average molecular weight is 388 g/mol. The maximum atomic E-state index is 12.3. The molecule has 3 N–H and O–H groups in total. The second kappa shape index (κ2) is 6.69. The third kappa shape index (κ3) is 3.70. The molecule has 1 amide bonds. The first kappa shape index (κ1) is 16.1. The Bertz CT molecular complexity index is 668. The molecule has 0 saturated carbocycles. The van der Waals surface area contributed by atoms with E-state index in [-0.39, 0.29) is 27.7 Å². The van der Waals surface area contributed by atoms with Crippen molar-refractivity contribution in [3.05, 3.63) is 62.0 Å². The minimum atomic E-state index is -0.262. The first-order chi connectivity index (χ1) is 9.90. The van der Waals surface area contributed by atoms with Gasteiger partial charge in [-0.25, -0.2) is 0 Å². The standard InChI is InChI=1S/C15H13BrCl2N2O/c1-8(10-4-2-3-5-11(10)16)20-15(21)9-6-12(17)14(19)13(18)7-9/h2-8H,19H2,1H3,(H,20,21)/t8-/m1/s1. The number of carbonyl (C=O) groups is 1. The predicted octanol–water partition coefficient (Wildman–Crippen LogP) is 4.83. The van der Waals surface area contributed by atoms with Crippen LogP contribution in [0.25, 0.3) is 0 Å². The van der Waals surface area contributed by atoms with Gasteiger partial charge in [0.2, 0.25) is 0 Å². The molecule has 0 saturated heterocycles. The molecular weight excluding hydrogens is 375 g/mol. The smallest absolute Gasteiger partial charge is 0.251 e. The molecule has 2 rings (SSSR count). The monoisotopic (exact) mass is 386 g/mol. The van der Waals surface area contributed by atoms with Gasteiger partial charge in [-0.15, -0.1) is 0 Å². The van der Waals surface area contributed by atoms with E-state index in [0.29, 0.717) is 5.56 Å². The molecule has 2 aromatic rings. The maximum Gasteiger partial charge on any atom is 0.251 e. The van der Waals surface area contributed by atoms with Crippen LogP contribution in [0.5, 0.6) is 0 Å². The van der Waals surface area contributed by atoms with Crippen LogP contribution in [0.2, 0.25) is 10.0 Å². The Morgan fingerprint density at radius 2 is 1.81 bits per heavy atom. The zero-order valence-corrected chi connectivity index (χ0v) is 14.3. The summed E-state index contributed by atoms with van der Waals surface area (Å²) in [7, 11) is 0. The molecule has 2 aromatic carbocycles. The Morgan fingerprint density at radius 3 is 2.38 bits per heavy atom. The number of anilines is 1. The first-order valence-corrected chi connectivity index (χ1v) is 7.75. The zero-order valence-electron chi connectivity index (χ0n) is 11.2. The van der Waals surface area contributed by atoms with Crippen LogP contribution in [0.1, 0.15) is 28.9 Å². The number of hydrogen-bond donors (Lipinski definition) is 2. The molecule has 0 aromatic heterocycles. The molecular formula is C15H13BrCl2N2O. The number of nitrogens with two attached hydrogens (primary N) is 1. The SMILES string of the molecule is C[C@@H](NC(=O)c1cc(Cl)c(N)c(Cl)c1)c1ccccc1Br. The highest BCUT2D eigenvalue weighted by Crippen LogP contribution is 2.29. The second-order valence-corrected chi connectivity index (χ2v) is 6.24. The lowest BCUT2D eigenvalue weighted by Crippen LogP contribution is -2.26. The number of halogens is 3. The maximum absolute atomic E-state index is 12.3. The van der Waals surface area contributed by atoms with Crippen molar-refractivity contribution in [1.82, 2.24) is 5.32 Å². The number of hydrogen-bond acceptors (Lipinski definition) is 2. The Labute approximate surface area is 141 Å². The molecule has 0 aliphatic carbocycles. The van der Waals surface area contributed by atoms with Gasteiger partial charge in [-0.05, 0) is 30.7 Å². The van der Waals surface area contributed by atoms with Crippen molar-refractivity contribution in [3.63, 3.8) is 0 Å². The van der Waals surface area contributed by atoms with Crippen LogP contribution in [0.4, 0.5) is 5.69 Å². The normalized spacial score (nSPS) is 12.0. The van der Waals surface area contributed by atoms with E-state index in [4.69, 9.17) is 28.9 Å². The molecule has 21 heavy (non-hydrogen) atoms. The average Bonchev–Trinajstić information content (AvgIpc) is 2.44. The van der Waals surface area contributed by atoms with E-state index in [9.17, 15) is 4.79 Å². The lowest BCUT2D eigenvalue weighted by molar-refractivity contribution is 0.0940. The molecule has 0 spiro atoms. The fourth-order valence-electron chi connectivity index (χ4n) is 1.90. The molecule has 0 aliphatic rings. The van der Waals surface area contributed by atoms with E-state index < -0.39 is 0 Å². The summed E-state index contributed by atoms with van der Waals surface area (Å²) in [6.45, 7) is 1.90. The summed E-state index contributed by atoms with van der Waals surface area (Å²) in [5, 5.41) is 3.43. The van der Waals surface area contributed by atoms with E-state index in [1.165, 1.54) is 12.1 Å². The topological polar surface area (TPSA) is 55.1 Å². The van der Waals surface area contributed by atoms with Crippen molar-refractivity contribution in [3.8, 4) is 0 Å². The van der Waals surface area contributed by atoms with E-state index in [1.54, 1.807) is 0 Å². The van der Waals surface area contributed by atoms with Gasteiger partial charge in [0.15, 0.2) is 0 Å². The largest absolute Gasteiger partial charge is 0.396 e. The molecule has 3 nitrogen and oxygen atoms in total. The number of nitrogens with one attached hydrogen (secondary N) is 1. The van der Waals surface area contributed by atoms with Gasteiger partial charge in [0.25, 0.3) is 5.91 Å². The molecule has 1 atom stereocenters. The van der Waals surface area contributed by atoms with Crippen molar-refractivity contribution in [2.45, 2.75) is 13.0 Å². The van der Waals surface area contributed by atoms with Crippen LogP contribution < -0.4 is 11.1 Å². The summed E-state index contributed by atoms with van der Waals surface area (Å²) in [6.07, 6.45) is 0. The molecule has 0 radical (unpaired) electrons. The minimum Gasteiger partial charge on any atom is -0.396 e. The molecule has 0 fully saturated rings. The number of benzene rings is 2. The summed E-state index contributed by atoms with van der Waals surface area (Å²) in [4.78, 5) is 12.3. The van der Waals surface area contributed by atoms with Gasteiger partial charge in [0, 0.05) is 10.0 Å². The summed E-state index contributed by atoms with van der Waals surface area (Å²) >= 11 is 15.4. The molecule has 0 bridgehead atoms. The van der Waals surface area contributed by atoms with Crippen molar-refractivity contribution < 1.29 is 4.79 Å². The van der Waals surface area contributed by atoms with E-state index in [1.807, 2.05) is 31.2 Å². The highest BCUT2D eigenvalue weighted by atomic mass is 79.9. The molecule has 0 heterocycles. The summed E-state index contributed by atoms with van der Waals surface area (Å²) < 4.78 is 0.936. The summed E-state index contributed by atoms with van der Waals surface area (Å²) in [6, 6.07) is 10.5. The van der Waals surface area contributed by atoms with Crippen LogP contribution in [0, 0.1) is 0 Å². The minimum absolute atomic E-state index is 0.164. The van der Waals surface area contributed by atoms with Gasteiger partial charge in [-0.2, -0.15) is 0 Å². The van der Waals surface area contributed by atoms with Crippen LogP contribution in [-0.2, 0) is 0 Å². The third-order valence-electron chi connectivity index (χ3n) is 3.06. The highest BCUT2D eigenvalue weighted by Gasteiger charge is 2.15. The summed E-state index contributed by atoms with van der Waals surface area (Å²) in [5.41, 5.74) is 7.29. The van der Waals surface area contributed by atoms with E-state index >= 15 is 0 Å². The van der Waals surface area contributed by atoms with Crippen molar-refractivity contribution in [1.29, 1.82) is 0 Å². The van der Waals surface area contributed by atoms with Gasteiger partial charge < -0.3 is 11.1 Å². The van der Waals surface area contributed by atoms with E-state index in [2.05, 4.69) is 21.2 Å². The van der Waals surface area contributed by atoms with Crippen LogP contribution >= 0.6 is 39.1 Å². The fraction of sp³-hybridized carbons (Fsp3) is 0.133. The number of nitrogen functional groups attached to an aromatic ring is 1.